The zero-order valence-electron chi connectivity index (χ0n) is 12.9. The van der Waals surface area contributed by atoms with Gasteiger partial charge in [-0.25, -0.2) is 0 Å². The molecule has 0 fully saturated rings. The Labute approximate surface area is 138 Å². The van der Waals surface area contributed by atoms with Crippen LogP contribution in [0.2, 0.25) is 0 Å². The first kappa shape index (κ1) is 13.6. The summed E-state index contributed by atoms with van der Waals surface area (Å²) in [4.78, 5) is 0. The molecule has 0 spiro atoms. The molecule has 24 heavy (non-hydrogen) atoms. The molecule has 0 atom stereocenters. The van der Waals surface area contributed by atoms with Gasteiger partial charge in [0.25, 0.3) is 0 Å². The first-order chi connectivity index (χ1) is 11.7. The third-order valence-electron chi connectivity index (χ3n) is 4.90. The van der Waals surface area contributed by atoms with Crippen LogP contribution in [0.1, 0.15) is 0 Å². The predicted molar refractivity (Wildman–Crippen MR) is 100 cm³/mol. The van der Waals surface area contributed by atoms with Crippen molar-refractivity contribution in [1.29, 1.82) is 0 Å². The van der Waals surface area contributed by atoms with Gasteiger partial charge in [-0.1, -0.05) is 55.1 Å². The lowest BCUT2D eigenvalue weighted by molar-refractivity contribution is 0.426. The minimum Gasteiger partial charge on any atom is -0.423 e. The van der Waals surface area contributed by atoms with E-state index in [0.29, 0.717) is 5.46 Å². The zero-order valence-corrected chi connectivity index (χ0v) is 12.9. The standard InChI is InChI=1S/C20H14BNO2/c1-12-14-5-2-3-8-18(14)22-19-10-9-13(21(23)24)11-17(19)16-7-4-6-15(12)20(16)22/h2-11,23-24H,1H2. The highest BCUT2D eigenvalue weighted by Crippen LogP contribution is 2.32. The van der Waals surface area contributed by atoms with Gasteiger partial charge in [0, 0.05) is 21.5 Å². The Kier molecular flexibility index (Phi) is 2.61. The van der Waals surface area contributed by atoms with Gasteiger partial charge >= 0.3 is 7.12 Å². The molecular weight excluding hydrogens is 297 g/mol. The van der Waals surface area contributed by atoms with E-state index in [1.54, 1.807) is 6.07 Å². The van der Waals surface area contributed by atoms with Crippen LogP contribution in [-0.2, 0) is 0 Å². The van der Waals surface area contributed by atoms with Crippen LogP contribution in [0.25, 0.3) is 44.7 Å². The number of pyridine rings is 1. The molecule has 0 amide bonds. The fourth-order valence-corrected chi connectivity index (χ4v) is 3.81. The summed E-state index contributed by atoms with van der Waals surface area (Å²) in [5.41, 5.74) is 3.79. The summed E-state index contributed by atoms with van der Waals surface area (Å²) < 4.78 is 2.25. The average Bonchev–Trinajstić information content (AvgIpc) is 2.94. The number of aromatic nitrogens is 1. The fourth-order valence-electron chi connectivity index (χ4n) is 3.81. The first-order valence-electron chi connectivity index (χ1n) is 7.89. The van der Waals surface area contributed by atoms with E-state index in [4.69, 9.17) is 0 Å². The molecule has 3 nitrogen and oxygen atoms in total. The van der Waals surface area contributed by atoms with Crippen molar-refractivity contribution in [3.8, 4) is 0 Å². The van der Waals surface area contributed by atoms with E-state index >= 15 is 0 Å². The second-order valence-electron chi connectivity index (χ2n) is 6.18. The number of hydrogen-bond donors (Lipinski definition) is 2. The first-order valence-corrected chi connectivity index (χ1v) is 7.89. The molecule has 0 unspecified atom stereocenters. The van der Waals surface area contributed by atoms with Gasteiger partial charge < -0.3 is 14.4 Å². The maximum Gasteiger partial charge on any atom is 0.488 e. The molecular formula is C20H14BNO2. The van der Waals surface area contributed by atoms with Gasteiger partial charge in [0.15, 0.2) is 0 Å². The normalized spacial score (nSPS) is 11.9. The molecule has 5 aromatic rings. The van der Waals surface area contributed by atoms with Gasteiger partial charge in [-0.15, -0.1) is 0 Å². The van der Waals surface area contributed by atoms with Gasteiger partial charge in [0.2, 0.25) is 0 Å². The van der Waals surface area contributed by atoms with Crippen LogP contribution in [0.3, 0.4) is 0 Å². The molecule has 5 rings (SSSR count). The largest absolute Gasteiger partial charge is 0.488 e. The van der Waals surface area contributed by atoms with Gasteiger partial charge in [0.1, 0.15) is 0 Å². The molecule has 0 saturated carbocycles. The van der Waals surface area contributed by atoms with Crippen LogP contribution >= 0.6 is 0 Å². The quantitative estimate of drug-likeness (QED) is 0.368. The molecule has 2 N–H and O–H groups in total. The van der Waals surface area contributed by atoms with Crippen molar-refractivity contribution in [3.05, 3.63) is 65.9 Å². The molecule has 0 saturated heterocycles. The van der Waals surface area contributed by atoms with Crippen molar-refractivity contribution in [2.24, 2.45) is 0 Å². The minimum atomic E-state index is -1.47. The van der Waals surface area contributed by atoms with E-state index in [2.05, 4.69) is 35.2 Å². The van der Waals surface area contributed by atoms with Crippen LogP contribution in [0, 0.1) is 0 Å². The topological polar surface area (TPSA) is 44.9 Å². The highest BCUT2D eigenvalue weighted by atomic mass is 16.4. The Morgan fingerprint density at radius 2 is 1.46 bits per heavy atom. The summed E-state index contributed by atoms with van der Waals surface area (Å²) in [7, 11) is -1.47. The Morgan fingerprint density at radius 1 is 0.750 bits per heavy atom. The molecule has 2 aromatic heterocycles. The van der Waals surface area contributed by atoms with Crippen molar-refractivity contribution >= 4 is 57.3 Å². The van der Waals surface area contributed by atoms with Crippen molar-refractivity contribution in [3.63, 3.8) is 0 Å². The summed E-state index contributed by atoms with van der Waals surface area (Å²) >= 11 is 0. The lowest BCUT2D eigenvalue weighted by Gasteiger charge is -2.08. The lowest BCUT2D eigenvalue weighted by Crippen LogP contribution is -2.29. The Morgan fingerprint density at radius 3 is 2.29 bits per heavy atom. The predicted octanol–water partition coefficient (Wildman–Crippen LogP) is 2.21. The minimum absolute atomic E-state index is 0.498. The average molecular weight is 311 g/mol. The second-order valence-corrected chi connectivity index (χ2v) is 6.18. The van der Waals surface area contributed by atoms with Crippen LogP contribution in [0.5, 0.6) is 0 Å². The lowest BCUT2D eigenvalue weighted by atomic mass is 9.80. The number of hydrogen-bond acceptors (Lipinski definition) is 2. The second kappa shape index (κ2) is 4.60. The van der Waals surface area contributed by atoms with Crippen molar-refractivity contribution in [1.82, 2.24) is 4.40 Å². The maximum atomic E-state index is 9.52. The van der Waals surface area contributed by atoms with Crippen molar-refractivity contribution < 1.29 is 10.0 Å². The van der Waals surface area contributed by atoms with Crippen LogP contribution in [-0.4, -0.2) is 21.6 Å². The highest BCUT2D eigenvalue weighted by Gasteiger charge is 2.17. The Balaban J connectivity index is 2.17. The summed E-state index contributed by atoms with van der Waals surface area (Å²) in [6, 6.07) is 20.0. The molecule has 0 aliphatic rings. The Bertz CT molecular complexity index is 1300. The molecule has 0 aliphatic carbocycles. The van der Waals surface area contributed by atoms with Gasteiger partial charge in [-0.05, 0) is 22.8 Å². The Hall–Kier alpha value is -2.82. The zero-order chi connectivity index (χ0) is 16.4. The van der Waals surface area contributed by atoms with E-state index < -0.39 is 7.12 Å². The third kappa shape index (κ3) is 1.59. The summed E-state index contributed by atoms with van der Waals surface area (Å²) in [5.74, 6) is 0. The summed E-state index contributed by atoms with van der Waals surface area (Å²) in [6.45, 7) is 4.30. The summed E-state index contributed by atoms with van der Waals surface area (Å²) in [5, 5.41) is 24.4. The molecule has 3 aromatic carbocycles. The number of fused-ring (bicyclic) bond motifs is 5. The maximum absolute atomic E-state index is 9.52. The molecule has 114 valence electrons. The van der Waals surface area contributed by atoms with Gasteiger partial charge in [-0.3, -0.25) is 0 Å². The third-order valence-corrected chi connectivity index (χ3v) is 4.90. The molecule has 0 radical (unpaired) electrons. The molecule has 4 heteroatoms. The monoisotopic (exact) mass is 311 g/mol. The van der Waals surface area contributed by atoms with E-state index in [9.17, 15) is 10.0 Å². The number of benzene rings is 3. The van der Waals surface area contributed by atoms with E-state index in [-0.39, 0.29) is 0 Å². The van der Waals surface area contributed by atoms with Crippen LogP contribution in [0.15, 0.2) is 60.7 Å². The van der Waals surface area contributed by atoms with Crippen LogP contribution < -0.4 is 10.7 Å². The van der Waals surface area contributed by atoms with E-state index in [1.807, 2.05) is 30.3 Å². The fraction of sp³-hybridized carbons (Fsp3) is 0. The van der Waals surface area contributed by atoms with Crippen molar-refractivity contribution in [2.45, 2.75) is 0 Å². The molecule has 2 heterocycles. The van der Waals surface area contributed by atoms with Crippen molar-refractivity contribution in [2.75, 3.05) is 0 Å². The van der Waals surface area contributed by atoms with E-state index in [0.717, 1.165) is 43.3 Å². The smallest absolute Gasteiger partial charge is 0.423 e. The molecule has 0 bridgehead atoms. The van der Waals surface area contributed by atoms with Crippen LogP contribution in [0.4, 0.5) is 0 Å². The highest BCUT2D eigenvalue weighted by molar-refractivity contribution is 6.59. The number of para-hydroxylation sites is 2. The number of nitrogens with zero attached hydrogens (tertiary/aromatic N) is 1. The SMILES string of the molecule is C=c1c2ccccc2n2c3ccc(B(O)O)cc3c3cccc1c32. The summed E-state index contributed by atoms with van der Waals surface area (Å²) in [6.07, 6.45) is 0. The van der Waals surface area contributed by atoms with E-state index in [1.165, 1.54) is 0 Å². The molecule has 0 aliphatic heterocycles. The van der Waals surface area contributed by atoms with Gasteiger partial charge in [-0.2, -0.15) is 0 Å². The van der Waals surface area contributed by atoms with Gasteiger partial charge in [0.05, 0.1) is 16.6 Å². The number of rotatable bonds is 1.